The van der Waals surface area contributed by atoms with E-state index in [1.807, 2.05) is 6.08 Å². The lowest BCUT2D eigenvalue weighted by atomic mass is 10.0. The van der Waals surface area contributed by atoms with Gasteiger partial charge in [-0.2, -0.15) is 0 Å². The van der Waals surface area contributed by atoms with E-state index in [-0.39, 0.29) is 18.5 Å². The molecule has 0 aliphatic carbocycles. The lowest BCUT2D eigenvalue weighted by Gasteiger charge is -2.20. The van der Waals surface area contributed by atoms with Crippen LogP contribution in [-0.4, -0.2) is 47.4 Å². The number of allylic oxidation sites excluding steroid dienone is 1. The van der Waals surface area contributed by atoms with E-state index in [1.54, 1.807) is 6.08 Å². The number of hydrogen-bond acceptors (Lipinski definition) is 5. The van der Waals surface area contributed by atoms with Crippen molar-refractivity contribution in [3.63, 3.8) is 0 Å². The highest BCUT2D eigenvalue weighted by Gasteiger charge is 2.18. The Morgan fingerprint density at radius 2 is 0.597 bits per heavy atom. The third-order valence-electron chi connectivity index (χ3n) is 16.8. The number of aliphatic hydroxyl groups excluding tert-OH is 2. The van der Waals surface area contributed by atoms with E-state index in [4.69, 9.17) is 4.74 Å². The maximum Gasteiger partial charge on any atom is 0.305 e. The van der Waals surface area contributed by atoms with Gasteiger partial charge >= 0.3 is 5.97 Å². The molecule has 2 unspecified atom stereocenters. The third kappa shape index (κ3) is 63.6. The highest BCUT2D eigenvalue weighted by molar-refractivity contribution is 5.76. The van der Waals surface area contributed by atoms with Crippen LogP contribution in [0.15, 0.2) is 12.2 Å². The number of amides is 1. The van der Waals surface area contributed by atoms with E-state index in [0.717, 1.165) is 38.5 Å². The Hall–Kier alpha value is -1.40. The molecule has 0 saturated heterocycles. The van der Waals surface area contributed by atoms with E-state index in [0.29, 0.717) is 19.4 Å². The van der Waals surface area contributed by atoms with Crippen LogP contribution < -0.4 is 5.32 Å². The zero-order valence-corrected chi connectivity index (χ0v) is 52.5. The van der Waals surface area contributed by atoms with Crippen LogP contribution in [0.2, 0.25) is 0 Å². The molecule has 0 saturated carbocycles. The molecule has 0 aliphatic rings. The first kappa shape index (κ1) is 75.6. The number of esters is 1. The summed E-state index contributed by atoms with van der Waals surface area (Å²) in [7, 11) is 0. The molecule has 0 fully saturated rings. The van der Waals surface area contributed by atoms with E-state index in [9.17, 15) is 19.8 Å². The Balaban J connectivity index is 3.37. The Morgan fingerprint density at radius 3 is 0.883 bits per heavy atom. The molecule has 6 nitrogen and oxygen atoms in total. The Labute approximate surface area is 482 Å². The van der Waals surface area contributed by atoms with Crippen molar-refractivity contribution >= 4 is 11.9 Å². The molecular weight excluding hydrogens is 947 g/mol. The van der Waals surface area contributed by atoms with Crippen LogP contribution in [0.4, 0.5) is 0 Å². The van der Waals surface area contributed by atoms with Gasteiger partial charge in [0.05, 0.1) is 25.4 Å². The lowest BCUT2D eigenvalue weighted by molar-refractivity contribution is -0.143. The number of nitrogens with one attached hydrogen (secondary N) is 1. The highest BCUT2D eigenvalue weighted by Crippen LogP contribution is 2.19. The SMILES string of the molecule is CCCCCCCCCCCCCCCCCCCC/C=C/C(O)C(CO)NC(=O)CCCCCCCCCCCCCCCCCCCCCCCCCCCCCOC(=O)CCCCCCCCCCCCCCC. The molecule has 3 N–H and O–H groups in total. The second-order valence-electron chi connectivity index (χ2n) is 24.6. The molecule has 0 radical (unpaired) electrons. The first-order chi connectivity index (χ1) is 38.0. The second kappa shape index (κ2) is 67.1. The molecule has 2 atom stereocenters. The molecule has 0 bridgehead atoms. The number of hydrogen-bond donors (Lipinski definition) is 3. The average molecular weight is 1090 g/mol. The van der Waals surface area contributed by atoms with Crippen LogP contribution in [0.5, 0.6) is 0 Å². The van der Waals surface area contributed by atoms with Crippen molar-refractivity contribution in [2.24, 2.45) is 0 Å². The van der Waals surface area contributed by atoms with Gasteiger partial charge in [0.15, 0.2) is 0 Å². The minimum absolute atomic E-state index is 0.0202. The first-order valence-corrected chi connectivity index (χ1v) is 35.5. The van der Waals surface area contributed by atoms with Gasteiger partial charge in [-0.05, 0) is 32.1 Å². The first-order valence-electron chi connectivity index (χ1n) is 35.5. The molecular formula is C71H139NO5. The second-order valence-corrected chi connectivity index (χ2v) is 24.6. The van der Waals surface area contributed by atoms with Crippen molar-refractivity contribution in [1.82, 2.24) is 5.32 Å². The van der Waals surface area contributed by atoms with Gasteiger partial charge in [-0.25, -0.2) is 0 Å². The van der Waals surface area contributed by atoms with Gasteiger partial charge in [-0.15, -0.1) is 0 Å². The summed E-state index contributed by atoms with van der Waals surface area (Å²) < 4.78 is 5.49. The number of unbranched alkanes of at least 4 members (excludes halogenated alkanes) is 56. The molecule has 0 aromatic carbocycles. The smallest absolute Gasteiger partial charge is 0.305 e. The number of carbonyl (C=O) groups is 2. The fourth-order valence-electron chi connectivity index (χ4n) is 11.4. The highest BCUT2D eigenvalue weighted by atomic mass is 16.5. The maximum absolute atomic E-state index is 12.5. The summed E-state index contributed by atoms with van der Waals surface area (Å²) in [5, 5.41) is 23.2. The van der Waals surface area contributed by atoms with Crippen LogP contribution in [0.3, 0.4) is 0 Å². The molecule has 6 heteroatoms. The van der Waals surface area contributed by atoms with Crippen LogP contribution in [-0.2, 0) is 14.3 Å². The lowest BCUT2D eigenvalue weighted by Crippen LogP contribution is -2.45. The minimum atomic E-state index is -0.843. The summed E-state index contributed by atoms with van der Waals surface area (Å²) in [5.74, 6) is -0.0406. The number of ether oxygens (including phenoxy) is 1. The predicted octanol–water partition coefficient (Wildman–Crippen LogP) is 22.8. The molecule has 0 heterocycles. The van der Waals surface area contributed by atoms with Gasteiger partial charge in [0, 0.05) is 12.8 Å². The van der Waals surface area contributed by atoms with E-state index < -0.39 is 12.1 Å². The van der Waals surface area contributed by atoms with Crippen molar-refractivity contribution < 1.29 is 24.5 Å². The van der Waals surface area contributed by atoms with Crippen molar-refractivity contribution in [3.05, 3.63) is 12.2 Å². The van der Waals surface area contributed by atoms with Crippen LogP contribution in [0.25, 0.3) is 0 Å². The summed E-state index contributed by atoms with van der Waals surface area (Å²) in [6.07, 6.45) is 82.9. The Kier molecular flexibility index (Phi) is 65.9. The predicted molar refractivity (Wildman–Crippen MR) is 338 cm³/mol. The van der Waals surface area contributed by atoms with E-state index in [2.05, 4.69) is 19.2 Å². The minimum Gasteiger partial charge on any atom is -0.466 e. The zero-order valence-electron chi connectivity index (χ0n) is 52.5. The Bertz CT molecular complexity index is 1160. The standard InChI is InChI=1S/C71H139NO5/c1-3-5-7-9-11-13-15-17-18-19-20-30-33-36-40-43-47-51-55-59-63-69(74)68(67-73)72-70(75)64-60-56-52-48-44-41-37-34-31-28-26-24-22-21-23-25-27-29-32-35-38-42-46-50-54-58-62-66-77-71(76)65-61-57-53-49-45-39-16-14-12-10-8-6-4-2/h59,63,68-69,73-74H,3-58,60-62,64-67H2,1-2H3,(H,72,75)/b63-59+. The van der Waals surface area contributed by atoms with Crippen molar-refractivity contribution in [2.75, 3.05) is 13.2 Å². The van der Waals surface area contributed by atoms with Crippen molar-refractivity contribution in [2.45, 2.75) is 418 Å². The summed E-state index contributed by atoms with van der Waals surface area (Å²) >= 11 is 0. The van der Waals surface area contributed by atoms with E-state index >= 15 is 0 Å². The molecule has 0 rings (SSSR count). The normalized spacial score (nSPS) is 12.5. The topological polar surface area (TPSA) is 95.9 Å². The largest absolute Gasteiger partial charge is 0.466 e. The molecule has 0 aromatic heterocycles. The molecule has 0 aliphatic heterocycles. The molecule has 77 heavy (non-hydrogen) atoms. The van der Waals surface area contributed by atoms with Gasteiger partial charge in [0.25, 0.3) is 0 Å². The molecule has 0 aromatic rings. The van der Waals surface area contributed by atoms with E-state index in [1.165, 1.54) is 340 Å². The molecule has 1 amide bonds. The van der Waals surface area contributed by atoms with Crippen LogP contribution in [0.1, 0.15) is 406 Å². The molecule has 458 valence electrons. The van der Waals surface area contributed by atoms with Gasteiger partial charge < -0.3 is 20.3 Å². The van der Waals surface area contributed by atoms with Crippen LogP contribution >= 0.6 is 0 Å². The van der Waals surface area contributed by atoms with Gasteiger partial charge in [0.1, 0.15) is 0 Å². The summed E-state index contributed by atoms with van der Waals surface area (Å²) in [6, 6.07) is -0.626. The number of aliphatic hydroxyl groups is 2. The number of rotatable bonds is 67. The Morgan fingerprint density at radius 1 is 0.351 bits per heavy atom. The third-order valence-corrected chi connectivity index (χ3v) is 16.8. The maximum atomic E-state index is 12.5. The average Bonchev–Trinajstić information content (AvgIpc) is 3.43. The van der Waals surface area contributed by atoms with Gasteiger partial charge in [0.2, 0.25) is 5.91 Å². The summed E-state index contributed by atoms with van der Waals surface area (Å²) in [6.45, 7) is 4.95. The summed E-state index contributed by atoms with van der Waals surface area (Å²) in [5.41, 5.74) is 0. The van der Waals surface area contributed by atoms with Crippen LogP contribution in [0, 0.1) is 0 Å². The number of carbonyl (C=O) groups excluding carboxylic acids is 2. The van der Waals surface area contributed by atoms with Gasteiger partial charge in [-0.3, -0.25) is 9.59 Å². The summed E-state index contributed by atoms with van der Waals surface area (Å²) in [4.78, 5) is 24.6. The monoisotopic (exact) mass is 1090 g/mol. The van der Waals surface area contributed by atoms with Crippen molar-refractivity contribution in [3.8, 4) is 0 Å². The van der Waals surface area contributed by atoms with Crippen molar-refractivity contribution in [1.29, 1.82) is 0 Å². The fourth-order valence-corrected chi connectivity index (χ4v) is 11.4. The molecule has 0 spiro atoms. The quantitative estimate of drug-likeness (QED) is 0.0320. The fraction of sp³-hybridized carbons (Fsp3) is 0.944. The zero-order chi connectivity index (χ0) is 55.7. The van der Waals surface area contributed by atoms with Gasteiger partial charge in [-0.1, -0.05) is 373 Å².